The highest BCUT2D eigenvalue weighted by molar-refractivity contribution is 5.16. The quantitative estimate of drug-likeness (QED) is 0.856. The minimum Gasteiger partial charge on any atom is -0.317 e. The van der Waals surface area contributed by atoms with Crippen molar-refractivity contribution in [3.05, 3.63) is 35.3 Å². The minimum atomic E-state index is -2.58. The van der Waals surface area contributed by atoms with Crippen LogP contribution in [0.4, 0.5) is 8.78 Å². The molecule has 1 aliphatic heterocycles. The Balaban J connectivity index is 2.47. The molecule has 0 spiro atoms. The number of likely N-dealkylation sites (N-methyl/N-ethyl adjacent to an activating group) is 1. The summed E-state index contributed by atoms with van der Waals surface area (Å²) in [6.45, 7) is 3.94. The van der Waals surface area contributed by atoms with Gasteiger partial charge >= 0.3 is 0 Å². The molecule has 1 atom stereocenters. The Morgan fingerprint density at radius 1 is 1.45 bits per heavy atom. The number of allylic oxidation sites excluding steroid dienone is 1. The molecule has 1 fully saturated rings. The van der Waals surface area contributed by atoms with Crippen LogP contribution in [0.15, 0.2) is 23.3 Å². The van der Waals surface area contributed by atoms with Gasteiger partial charge in [-0.3, -0.25) is 0 Å². The van der Waals surface area contributed by atoms with Crippen LogP contribution in [0.2, 0.25) is 0 Å². The third kappa shape index (κ3) is 4.00. The second kappa shape index (κ2) is 7.63. The number of likely N-dealkylation sites (tertiary alicyclic amines) is 1. The number of piperidine rings is 1. The van der Waals surface area contributed by atoms with Crippen molar-refractivity contribution in [2.75, 3.05) is 20.1 Å². The van der Waals surface area contributed by atoms with E-state index in [2.05, 4.69) is 21.9 Å². The van der Waals surface area contributed by atoms with E-state index >= 15 is 0 Å². The van der Waals surface area contributed by atoms with Gasteiger partial charge in [0.1, 0.15) is 5.69 Å². The molecule has 22 heavy (non-hydrogen) atoms. The highest BCUT2D eigenvalue weighted by Crippen LogP contribution is 2.27. The van der Waals surface area contributed by atoms with Crippen molar-refractivity contribution in [1.82, 2.24) is 14.5 Å². The number of hydrogen-bond donors (Lipinski definition) is 0. The first-order chi connectivity index (χ1) is 10.5. The van der Waals surface area contributed by atoms with Gasteiger partial charge in [-0.2, -0.15) is 0 Å². The van der Waals surface area contributed by atoms with Crippen molar-refractivity contribution in [3.63, 3.8) is 0 Å². The van der Waals surface area contributed by atoms with E-state index in [-0.39, 0.29) is 11.6 Å². The van der Waals surface area contributed by atoms with Crippen molar-refractivity contribution >= 4 is 0 Å². The Kier molecular flexibility index (Phi) is 5.83. The molecule has 0 N–H and O–H groups in total. The van der Waals surface area contributed by atoms with E-state index in [0.717, 1.165) is 38.0 Å². The average molecular weight is 310 g/mol. The lowest BCUT2D eigenvalue weighted by atomic mass is 9.94. The van der Waals surface area contributed by atoms with Crippen LogP contribution in [0.3, 0.4) is 0 Å². The molecule has 0 saturated carbocycles. The predicted molar refractivity (Wildman–Crippen MR) is 82.6 cm³/mol. The first-order valence-electron chi connectivity index (χ1n) is 7.76. The van der Waals surface area contributed by atoms with Gasteiger partial charge in [-0.1, -0.05) is 13.0 Å². The van der Waals surface area contributed by atoms with Crippen LogP contribution in [-0.2, 0) is 7.05 Å². The number of aromatic nitrogens is 2. The van der Waals surface area contributed by atoms with Crippen molar-refractivity contribution < 1.29 is 8.78 Å². The van der Waals surface area contributed by atoms with Gasteiger partial charge in [0.05, 0.1) is 0 Å². The highest BCUT2D eigenvalue weighted by atomic mass is 19.3. The standard InChI is InChI=1S/C16H24F2N4/c1-4-5-8-19-16-20-13(15(17)18)10-14(22(16)3)12-7-6-9-21(2)11-12/h5,8,10,12,15H,4,6-7,9,11H2,1-3H3/b8-5+,19-16?. The van der Waals surface area contributed by atoms with Gasteiger partial charge in [0, 0.05) is 31.4 Å². The van der Waals surface area contributed by atoms with E-state index in [1.165, 1.54) is 6.07 Å². The smallest absolute Gasteiger partial charge is 0.280 e. The number of halogens is 2. The molecule has 6 heteroatoms. The van der Waals surface area contributed by atoms with Crippen molar-refractivity contribution in [3.8, 4) is 0 Å². The van der Waals surface area contributed by atoms with Crippen molar-refractivity contribution in [1.29, 1.82) is 0 Å². The van der Waals surface area contributed by atoms with Crippen LogP contribution in [0.5, 0.6) is 0 Å². The fraction of sp³-hybridized carbons (Fsp3) is 0.625. The summed E-state index contributed by atoms with van der Waals surface area (Å²) in [6.07, 6.45) is 3.87. The number of nitrogens with zero attached hydrogens (tertiary/aromatic N) is 4. The van der Waals surface area contributed by atoms with Crippen LogP contribution >= 0.6 is 0 Å². The summed E-state index contributed by atoms with van der Waals surface area (Å²) in [5, 5.41) is 0. The molecule has 0 aliphatic carbocycles. The second-order valence-corrected chi connectivity index (χ2v) is 5.79. The van der Waals surface area contributed by atoms with Crippen molar-refractivity contribution in [2.24, 2.45) is 12.0 Å². The Labute approximate surface area is 130 Å². The largest absolute Gasteiger partial charge is 0.317 e. The third-order valence-corrected chi connectivity index (χ3v) is 4.01. The molecule has 1 saturated heterocycles. The average Bonchev–Trinajstić information content (AvgIpc) is 2.49. The Morgan fingerprint density at radius 3 is 2.86 bits per heavy atom. The van der Waals surface area contributed by atoms with E-state index in [9.17, 15) is 8.78 Å². The van der Waals surface area contributed by atoms with Crippen LogP contribution in [0, 0.1) is 0 Å². The Bertz CT molecular complexity index is 592. The van der Waals surface area contributed by atoms with Gasteiger partial charge in [0.15, 0.2) is 0 Å². The summed E-state index contributed by atoms with van der Waals surface area (Å²) in [4.78, 5) is 10.5. The number of alkyl halides is 2. The van der Waals surface area contributed by atoms with Gasteiger partial charge in [-0.25, -0.2) is 18.8 Å². The molecular weight excluding hydrogens is 286 g/mol. The molecule has 4 nitrogen and oxygen atoms in total. The maximum atomic E-state index is 13.1. The van der Waals surface area contributed by atoms with Crippen LogP contribution in [0.1, 0.15) is 49.9 Å². The Hall–Kier alpha value is -1.56. The fourth-order valence-corrected chi connectivity index (χ4v) is 2.84. The first kappa shape index (κ1) is 16.8. The molecule has 1 aliphatic rings. The van der Waals surface area contributed by atoms with Crippen LogP contribution in [-0.4, -0.2) is 34.6 Å². The summed E-state index contributed by atoms with van der Waals surface area (Å²) < 4.78 is 28.1. The molecule has 2 heterocycles. The zero-order valence-corrected chi connectivity index (χ0v) is 13.5. The van der Waals surface area contributed by atoms with E-state index < -0.39 is 6.43 Å². The minimum absolute atomic E-state index is 0.190. The molecule has 0 bridgehead atoms. The summed E-state index contributed by atoms with van der Waals surface area (Å²) in [7, 11) is 3.92. The molecule has 1 aromatic heterocycles. The lowest BCUT2D eigenvalue weighted by Gasteiger charge is -2.31. The van der Waals surface area contributed by atoms with Gasteiger partial charge in [-0.05, 0) is 38.9 Å². The van der Waals surface area contributed by atoms with E-state index in [1.54, 1.807) is 6.20 Å². The van der Waals surface area contributed by atoms with Gasteiger partial charge in [0.2, 0.25) is 5.62 Å². The lowest BCUT2D eigenvalue weighted by Crippen LogP contribution is -2.35. The third-order valence-electron chi connectivity index (χ3n) is 4.01. The molecule has 2 rings (SSSR count). The van der Waals surface area contributed by atoms with Crippen LogP contribution < -0.4 is 5.62 Å². The normalized spacial score (nSPS) is 21.2. The zero-order valence-electron chi connectivity index (χ0n) is 13.5. The second-order valence-electron chi connectivity index (χ2n) is 5.79. The lowest BCUT2D eigenvalue weighted by molar-refractivity contribution is 0.144. The predicted octanol–water partition coefficient (Wildman–Crippen LogP) is 2.99. The monoisotopic (exact) mass is 310 g/mol. The molecule has 1 aromatic rings. The maximum Gasteiger partial charge on any atom is 0.280 e. The van der Waals surface area contributed by atoms with E-state index in [1.807, 2.05) is 24.6 Å². The van der Waals surface area contributed by atoms with E-state index in [4.69, 9.17) is 0 Å². The summed E-state index contributed by atoms with van der Waals surface area (Å²) in [5.74, 6) is 0.244. The van der Waals surface area contributed by atoms with Gasteiger partial charge in [-0.15, -0.1) is 0 Å². The summed E-state index contributed by atoms with van der Waals surface area (Å²) in [5.41, 5.74) is 1.04. The molecular formula is C16H24F2N4. The summed E-state index contributed by atoms with van der Waals surface area (Å²) in [6, 6.07) is 1.54. The number of rotatable bonds is 4. The van der Waals surface area contributed by atoms with Gasteiger partial charge < -0.3 is 9.47 Å². The first-order valence-corrected chi connectivity index (χ1v) is 7.76. The fourth-order valence-electron chi connectivity index (χ4n) is 2.84. The topological polar surface area (TPSA) is 33.4 Å². The zero-order chi connectivity index (χ0) is 16.1. The van der Waals surface area contributed by atoms with E-state index in [0.29, 0.717) is 5.62 Å². The molecule has 0 radical (unpaired) electrons. The number of hydrogen-bond acceptors (Lipinski definition) is 3. The van der Waals surface area contributed by atoms with Crippen LogP contribution in [0.25, 0.3) is 0 Å². The molecule has 0 aromatic carbocycles. The molecule has 0 amide bonds. The SMILES string of the molecule is CC/C=C/N=c1nc(C(F)F)cc(C2CCCN(C)C2)n1C. The maximum absolute atomic E-state index is 13.1. The Morgan fingerprint density at radius 2 is 2.23 bits per heavy atom. The molecule has 1 unspecified atom stereocenters. The summed E-state index contributed by atoms with van der Waals surface area (Å²) >= 11 is 0. The molecule has 122 valence electrons. The highest BCUT2D eigenvalue weighted by Gasteiger charge is 2.23. The van der Waals surface area contributed by atoms with Gasteiger partial charge in [0.25, 0.3) is 6.43 Å². The van der Waals surface area contributed by atoms with Crippen molar-refractivity contribution in [2.45, 2.75) is 38.5 Å².